The zero-order chi connectivity index (χ0) is 95.3. The Balaban J connectivity index is 0.742. The van der Waals surface area contributed by atoms with E-state index in [1.807, 2.05) is 0 Å². The first-order valence-corrected chi connectivity index (χ1v) is 47.1. The Morgan fingerprint density at radius 2 is 0.727 bits per heavy atom. The van der Waals surface area contributed by atoms with Gasteiger partial charge in [-0.25, -0.2) is 18.0 Å². The molecule has 2 fully saturated rings. The van der Waals surface area contributed by atoms with Crippen molar-refractivity contribution in [1.82, 2.24) is 21.0 Å². The van der Waals surface area contributed by atoms with Crippen molar-refractivity contribution in [3.8, 4) is 0 Å². The number of hydrogen-bond donors (Lipinski definition) is 4. The summed E-state index contributed by atoms with van der Waals surface area (Å²) in [4.78, 5) is 105. The van der Waals surface area contributed by atoms with Crippen molar-refractivity contribution in [2.24, 2.45) is 5.41 Å². The number of carbonyl (C=O) groups excluding carboxylic acids is 8. The summed E-state index contributed by atoms with van der Waals surface area (Å²) in [5.74, 6) is -5.74. The standard InChI is InChI=1S/C87H143Cl2N5O37S/c1-86(2,3)130-84(101)75(69-71-9-11-72(12-10-71)92-82(99)81-73(88)7-6-8-74(81)89)93-85(102)87(16-4-5-17-87)18-19-90-78(96)15-21-106-23-25-108-27-29-110-31-33-112-35-37-114-39-41-116-43-45-118-47-49-120-51-53-122-55-57-124-59-61-126-63-65-128-67-68-129-66-64-127-62-60-125-58-56-123-54-52-121-50-48-119-46-44-117-42-40-115-38-36-113-34-32-111-30-28-109-26-24-107-22-20-91-77(95)13-14-80(98)131-94-79(97)70-76(83(94)100)132(103,104)105/h6-12,75-76H,4-5,13-70H2,1-3H3,(H,90,96)(H,91,95)(H,92,99)(H,93,102)(H,103,104,105)/p-1/t75-,76?/m0/s1. The van der Waals surface area contributed by atoms with E-state index in [1.165, 1.54) is 0 Å². The van der Waals surface area contributed by atoms with E-state index < -0.39 is 80.8 Å². The molecule has 4 rings (SSSR count). The molecule has 2 aromatic rings. The maximum Gasteiger partial charge on any atom is 0.333 e. The summed E-state index contributed by atoms with van der Waals surface area (Å²) in [5, 5.41) is 9.48. The molecule has 0 bridgehead atoms. The molecule has 2 aliphatic rings. The number of anilines is 1. The minimum Gasteiger partial charge on any atom is -0.747 e. The minimum absolute atomic E-state index is 0.0605. The molecule has 758 valence electrons. The van der Waals surface area contributed by atoms with Crippen LogP contribution in [-0.2, 0) is 173 Å². The average molecular weight is 1950 g/mol. The predicted octanol–water partition coefficient (Wildman–Crippen LogP) is 3.50. The van der Waals surface area contributed by atoms with Crippen LogP contribution in [0.5, 0.6) is 0 Å². The first-order valence-electron chi connectivity index (χ1n) is 44.9. The molecule has 2 aromatic carbocycles. The smallest absolute Gasteiger partial charge is 0.333 e. The predicted molar refractivity (Wildman–Crippen MR) is 473 cm³/mol. The van der Waals surface area contributed by atoms with E-state index in [-0.39, 0.29) is 84.7 Å². The lowest BCUT2D eigenvalue weighted by Gasteiger charge is -2.31. The van der Waals surface area contributed by atoms with Crippen molar-refractivity contribution in [2.75, 3.05) is 336 Å². The Bertz CT molecular complexity index is 3450. The fraction of sp³-hybridized carbons (Fsp3) is 0.770. The molecule has 1 unspecified atom stereocenters. The van der Waals surface area contributed by atoms with Gasteiger partial charge < -0.3 is 149 Å². The van der Waals surface area contributed by atoms with Crippen molar-refractivity contribution >= 4 is 86.4 Å². The number of nitrogens with one attached hydrogen (secondary N) is 4. The normalized spacial score (nSPS) is 14.2. The molecule has 4 N–H and O–H groups in total. The van der Waals surface area contributed by atoms with Gasteiger partial charge in [-0.3, -0.25) is 28.8 Å². The Morgan fingerprint density at radius 1 is 0.424 bits per heavy atom. The van der Waals surface area contributed by atoms with Gasteiger partial charge in [-0.05, 0) is 69.9 Å². The molecule has 0 aromatic heterocycles. The van der Waals surface area contributed by atoms with Crippen LogP contribution in [0.25, 0.3) is 0 Å². The first-order chi connectivity index (χ1) is 64.1. The van der Waals surface area contributed by atoms with Gasteiger partial charge >= 0.3 is 11.9 Å². The first kappa shape index (κ1) is 118. The van der Waals surface area contributed by atoms with Gasteiger partial charge in [0.05, 0.1) is 351 Å². The summed E-state index contributed by atoms with van der Waals surface area (Å²) in [5.41, 5.74) is -0.182. The van der Waals surface area contributed by atoms with Gasteiger partial charge in [0.15, 0.2) is 0 Å². The number of halogens is 2. The number of amides is 6. The van der Waals surface area contributed by atoms with Crippen molar-refractivity contribution < 1.29 is 175 Å². The summed E-state index contributed by atoms with van der Waals surface area (Å²) in [6.45, 7) is 25.5. The Hall–Kier alpha value is -6.07. The molecule has 6 amide bonds. The van der Waals surface area contributed by atoms with Crippen molar-refractivity contribution in [2.45, 2.75) is 102 Å². The van der Waals surface area contributed by atoms with E-state index in [0.717, 1.165) is 18.4 Å². The van der Waals surface area contributed by atoms with Gasteiger partial charge in [0.2, 0.25) is 17.7 Å². The fourth-order valence-electron chi connectivity index (χ4n) is 11.9. The van der Waals surface area contributed by atoms with E-state index in [0.29, 0.717) is 322 Å². The van der Waals surface area contributed by atoms with Crippen molar-refractivity contribution in [3.63, 3.8) is 0 Å². The van der Waals surface area contributed by atoms with Crippen molar-refractivity contribution in [1.29, 1.82) is 0 Å². The average Bonchev–Trinajstić information content (AvgIpc) is 1.66. The van der Waals surface area contributed by atoms with Gasteiger partial charge in [-0.1, -0.05) is 54.2 Å². The molecule has 45 heteroatoms. The highest BCUT2D eigenvalue weighted by Crippen LogP contribution is 2.41. The summed E-state index contributed by atoms with van der Waals surface area (Å²) >= 11 is 12.5. The molecule has 1 heterocycles. The number of imide groups is 1. The van der Waals surface area contributed by atoms with Crippen molar-refractivity contribution in [3.05, 3.63) is 63.6 Å². The zero-order valence-corrected chi connectivity index (χ0v) is 79.2. The van der Waals surface area contributed by atoms with Crippen LogP contribution >= 0.6 is 23.2 Å². The quantitative estimate of drug-likeness (QED) is 0.0318. The lowest BCUT2D eigenvalue weighted by Crippen LogP contribution is -2.51. The second-order valence-corrected chi connectivity index (χ2v) is 32.4. The summed E-state index contributed by atoms with van der Waals surface area (Å²) < 4.78 is 172. The molecular formula is C87H142Cl2N5O37S-. The second-order valence-electron chi connectivity index (χ2n) is 30.1. The third-order valence-electron chi connectivity index (χ3n) is 18.6. The number of esters is 1. The summed E-state index contributed by atoms with van der Waals surface area (Å²) in [7, 11) is -5.10. The third-order valence-corrected chi connectivity index (χ3v) is 20.3. The van der Waals surface area contributed by atoms with Gasteiger partial charge in [0.1, 0.15) is 27.0 Å². The molecule has 42 nitrogen and oxygen atoms in total. The van der Waals surface area contributed by atoms with Crippen LogP contribution in [0.4, 0.5) is 5.69 Å². The molecule has 0 spiro atoms. The molecule has 1 aliphatic carbocycles. The number of hydroxylamine groups is 2. The number of nitrogens with zero attached hydrogens (tertiary/aromatic N) is 1. The molecule has 2 atom stereocenters. The SMILES string of the molecule is CC(C)(C)OC(=O)[C@H](Cc1ccc(NC(=O)c2c(Cl)cccc2Cl)cc1)NC(=O)C1(CCNC(=O)CCOCCOCCOCCOCCOCCOCCOCCOCCOCCOCCOCCOCCOCCOCCOCCOCCOCCOCCOCCOCCOCCOCCOCCOCCNC(=O)CCC(=O)ON2C(=O)CC(S(=O)(=O)[O-])C2=O)CCCC1. The molecule has 1 aliphatic heterocycles. The summed E-state index contributed by atoms with van der Waals surface area (Å²) in [6, 6.07) is 10.7. The van der Waals surface area contributed by atoms with Gasteiger partial charge in [0, 0.05) is 38.0 Å². The monoisotopic (exact) mass is 1950 g/mol. The minimum atomic E-state index is -5.10. The second kappa shape index (κ2) is 77.9. The zero-order valence-electron chi connectivity index (χ0n) is 76.8. The fourth-order valence-corrected chi connectivity index (χ4v) is 13.1. The van der Waals surface area contributed by atoms with Crippen LogP contribution in [-0.4, -0.2) is 413 Å². The van der Waals surface area contributed by atoms with E-state index >= 15 is 0 Å². The third kappa shape index (κ3) is 61.9. The van der Waals surface area contributed by atoms with E-state index in [1.54, 1.807) is 63.2 Å². The largest absolute Gasteiger partial charge is 0.747 e. The number of ether oxygens (including phenoxy) is 25. The van der Waals surface area contributed by atoms with E-state index in [4.69, 9.17) is 142 Å². The maximum atomic E-state index is 14.1. The Morgan fingerprint density at radius 3 is 1.04 bits per heavy atom. The topological polar surface area (TPSA) is 485 Å². The molecule has 1 saturated heterocycles. The van der Waals surface area contributed by atoms with Crippen LogP contribution in [0.3, 0.4) is 0 Å². The number of carbonyl (C=O) groups is 8. The van der Waals surface area contributed by atoms with Crippen LogP contribution < -0.4 is 21.3 Å². The Kier molecular flexibility index (Phi) is 69.8. The maximum absolute atomic E-state index is 14.1. The Labute approximate surface area is 784 Å². The van der Waals surface area contributed by atoms with Gasteiger partial charge in [0.25, 0.3) is 17.7 Å². The number of rotatable bonds is 90. The highest BCUT2D eigenvalue weighted by Gasteiger charge is 2.46. The summed E-state index contributed by atoms with van der Waals surface area (Å²) in [6.07, 6.45) is 1.88. The highest BCUT2D eigenvalue weighted by molar-refractivity contribution is 7.87. The number of benzene rings is 2. The van der Waals surface area contributed by atoms with E-state index in [9.17, 15) is 51.3 Å². The molecular weight excluding hydrogens is 1810 g/mol. The molecule has 132 heavy (non-hydrogen) atoms. The molecule has 0 radical (unpaired) electrons. The lowest BCUT2D eigenvalue weighted by molar-refractivity contribution is -0.197. The van der Waals surface area contributed by atoms with Crippen LogP contribution in [0, 0.1) is 5.41 Å². The highest BCUT2D eigenvalue weighted by atomic mass is 35.5. The van der Waals surface area contributed by atoms with Crippen LogP contribution in [0.1, 0.15) is 94.5 Å². The van der Waals surface area contributed by atoms with E-state index in [2.05, 4.69) is 26.1 Å². The van der Waals surface area contributed by atoms with Gasteiger partial charge in [-0.15, -0.1) is 5.06 Å². The molecule has 1 saturated carbocycles. The van der Waals surface area contributed by atoms with Crippen LogP contribution in [0.15, 0.2) is 42.5 Å². The number of hydrogen-bond acceptors (Lipinski definition) is 37. The van der Waals surface area contributed by atoms with Gasteiger partial charge in [-0.2, -0.15) is 0 Å². The lowest BCUT2D eigenvalue weighted by atomic mass is 9.81. The van der Waals surface area contributed by atoms with Crippen LogP contribution in [0.2, 0.25) is 10.0 Å².